The van der Waals surface area contributed by atoms with Gasteiger partial charge in [0.05, 0.1) is 25.0 Å². The zero-order chi connectivity index (χ0) is 11.3. The molecule has 82 valence electrons. The van der Waals surface area contributed by atoms with Crippen LogP contribution in [0.1, 0.15) is 17.3 Å². The quantitative estimate of drug-likeness (QED) is 0.769. The van der Waals surface area contributed by atoms with Crippen molar-refractivity contribution in [2.24, 2.45) is 0 Å². The van der Waals surface area contributed by atoms with Crippen LogP contribution in [0.25, 0.3) is 0 Å². The number of carbonyl (C=O) groups excluding carboxylic acids is 1. The second-order valence-corrected chi connectivity index (χ2v) is 2.89. The number of rotatable bonds is 4. The third kappa shape index (κ3) is 2.62. The van der Waals surface area contributed by atoms with Crippen LogP contribution in [0.15, 0.2) is 18.2 Å². The largest absolute Gasteiger partial charge is 0.495 e. The van der Waals surface area contributed by atoms with E-state index in [4.69, 9.17) is 9.47 Å². The number of methoxy groups -OCH3 is 1. The molecule has 0 aliphatic carbocycles. The van der Waals surface area contributed by atoms with Crippen molar-refractivity contribution in [2.45, 2.75) is 6.92 Å². The Hall–Kier alpha value is -1.71. The van der Waals surface area contributed by atoms with Gasteiger partial charge in [0.2, 0.25) is 0 Å². The molecule has 4 nitrogen and oxygen atoms in total. The smallest absolute Gasteiger partial charge is 0.338 e. The van der Waals surface area contributed by atoms with Crippen molar-refractivity contribution in [3.8, 4) is 5.75 Å². The third-order valence-corrected chi connectivity index (χ3v) is 1.98. The Kier molecular flexibility index (Phi) is 3.97. The fourth-order valence-electron chi connectivity index (χ4n) is 1.24. The summed E-state index contributed by atoms with van der Waals surface area (Å²) in [6.07, 6.45) is 0. The van der Waals surface area contributed by atoms with Crippen LogP contribution >= 0.6 is 0 Å². The molecule has 15 heavy (non-hydrogen) atoms. The van der Waals surface area contributed by atoms with Gasteiger partial charge in [-0.3, -0.25) is 0 Å². The first-order chi connectivity index (χ1) is 7.22. The number of anilines is 1. The molecule has 0 aliphatic heterocycles. The minimum atomic E-state index is -0.323. The van der Waals surface area contributed by atoms with E-state index in [1.165, 1.54) is 0 Å². The lowest BCUT2D eigenvalue weighted by molar-refractivity contribution is 0.0526. The summed E-state index contributed by atoms with van der Waals surface area (Å²) in [5.41, 5.74) is 1.28. The standard InChI is InChI=1S/C11H15NO3/c1-4-15-11(13)8-5-6-10(14-3)9(7-8)12-2/h5-7,12H,4H2,1-3H3. The zero-order valence-electron chi connectivity index (χ0n) is 9.16. The van der Waals surface area contributed by atoms with E-state index in [1.54, 1.807) is 39.3 Å². The molecule has 1 aromatic rings. The van der Waals surface area contributed by atoms with E-state index in [0.29, 0.717) is 17.9 Å². The van der Waals surface area contributed by atoms with Crippen LogP contribution in [0, 0.1) is 0 Å². The van der Waals surface area contributed by atoms with Crippen molar-refractivity contribution in [3.05, 3.63) is 23.8 Å². The fraction of sp³-hybridized carbons (Fsp3) is 0.364. The minimum absolute atomic E-state index is 0.323. The first-order valence-electron chi connectivity index (χ1n) is 4.75. The van der Waals surface area contributed by atoms with Crippen LogP contribution in [0.3, 0.4) is 0 Å². The average Bonchev–Trinajstić information content (AvgIpc) is 2.28. The van der Waals surface area contributed by atoms with E-state index in [1.807, 2.05) is 0 Å². The van der Waals surface area contributed by atoms with Crippen molar-refractivity contribution < 1.29 is 14.3 Å². The molecule has 4 heteroatoms. The molecule has 0 fully saturated rings. The van der Waals surface area contributed by atoms with E-state index in [0.717, 1.165) is 5.69 Å². The third-order valence-electron chi connectivity index (χ3n) is 1.98. The van der Waals surface area contributed by atoms with E-state index >= 15 is 0 Å². The van der Waals surface area contributed by atoms with Gasteiger partial charge in [-0.05, 0) is 25.1 Å². The predicted octanol–water partition coefficient (Wildman–Crippen LogP) is 1.91. The van der Waals surface area contributed by atoms with E-state index in [2.05, 4.69) is 5.32 Å². The van der Waals surface area contributed by atoms with E-state index in [9.17, 15) is 4.79 Å². The van der Waals surface area contributed by atoms with Crippen molar-refractivity contribution in [2.75, 3.05) is 26.1 Å². The highest BCUT2D eigenvalue weighted by Gasteiger charge is 2.09. The van der Waals surface area contributed by atoms with E-state index in [-0.39, 0.29) is 5.97 Å². The molecule has 0 atom stereocenters. The number of ether oxygens (including phenoxy) is 2. The second kappa shape index (κ2) is 5.24. The van der Waals surface area contributed by atoms with Gasteiger partial charge in [-0.2, -0.15) is 0 Å². The van der Waals surface area contributed by atoms with Gasteiger partial charge in [-0.25, -0.2) is 4.79 Å². The van der Waals surface area contributed by atoms with Gasteiger partial charge in [-0.1, -0.05) is 0 Å². The summed E-state index contributed by atoms with van der Waals surface area (Å²) >= 11 is 0. The van der Waals surface area contributed by atoms with Gasteiger partial charge in [-0.15, -0.1) is 0 Å². The Balaban J connectivity index is 2.97. The Morgan fingerprint density at radius 2 is 2.20 bits per heavy atom. The molecule has 0 aromatic heterocycles. The molecule has 0 radical (unpaired) electrons. The monoisotopic (exact) mass is 209 g/mol. The summed E-state index contributed by atoms with van der Waals surface area (Å²) in [4.78, 5) is 11.4. The lowest BCUT2D eigenvalue weighted by Gasteiger charge is -2.09. The molecule has 0 heterocycles. The summed E-state index contributed by atoms with van der Waals surface area (Å²) < 4.78 is 10.0. The second-order valence-electron chi connectivity index (χ2n) is 2.89. The zero-order valence-corrected chi connectivity index (χ0v) is 9.16. The lowest BCUT2D eigenvalue weighted by atomic mass is 10.2. The maximum absolute atomic E-state index is 11.4. The lowest BCUT2D eigenvalue weighted by Crippen LogP contribution is -2.05. The number of hydrogen-bond donors (Lipinski definition) is 1. The topological polar surface area (TPSA) is 47.6 Å². The van der Waals surface area contributed by atoms with Crippen molar-refractivity contribution in [3.63, 3.8) is 0 Å². The van der Waals surface area contributed by atoms with Crippen molar-refractivity contribution >= 4 is 11.7 Å². The molecule has 1 aromatic carbocycles. The van der Waals surface area contributed by atoms with Gasteiger partial charge in [0.15, 0.2) is 0 Å². The van der Waals surface area contributed by atoms with Crippen LogP contribution in [-0.4, -0.2) is 26.7 Å². The molecular weight excluding hydrogens is 194 g/mol. The van der Waals surface area contributed by atoms with Crippen LogP contribution < -0.4 is 10.1 Å². The van der Waals surface area contributed by atoms with Crippen LogP contribution in [0.4, 0.5) is 5.69 Å². The Morgan fingerprint density at radius 1 is 1.47 bits per heavy atom. The Bertz CT molecular complexity index is 350. The maximum atomic E-state index is 11.4. The maximum Gasteiger partial charge on any atom is 0.338 e. The van der Waals surface area contributed by atoms with Crippen molar-refractivity contribution in [1.29, 1.82) is 0 Å². The van der Waals surface area contributed by atoms with Gasteiger partial charge in [0.1, 0.15) is 5.75 Å². The van der Waals surface area contributed by atoms with Crippen molar-refractivity contribution in [1.82, 2.24) is 0 Å². The highest BCUT2D eigenvalue weighted by molar-refractivity contribution is 5.91. The van der Waals surface area contributed by atoms with Crippen LogP contribution in [-0.2, 0) is 4.74 Å². The normalized spacial score (nSPS) is 9.53. The number of esters is 1. The Labute approximate surface area is 89.2 Å². The SMILES string of the molecule is CCOC(=O)c1ccc(OC)c(NC)c1. The molecule has 0 bridgehead atoms. The highest BCUT2D eigenvalue weighted by Crippen LogP contribution is 2.25. The summed E-state index contributed by atoms with van der Waals surface area (Å²) in [6, 6.07) is 5.12. The molecule has 0 saturated carbocycles. The number of nitrogens with one attached hydrogen (secondary N) is 1. The molecule has 0 saturated heterocycles. The summed E-state index contributed by atoms with van der Waals surface area (Å²) in [5, 5.41) is 2.95. The number of benzene rings is 1. The predicted molar refractivity (Wildman–Crippen MR) is 58.5 cm³/mol. The van der Waals surface area contributed by atoms with Crippen LogP contribution in [0.2, 0.25) is 0 Å². The first kappa shape index (κ1) is 11.4. The summed E-state index contributed by atoms with van der Waals surface area (Å²) in [7, 11) is 3.35. The van der Waals surface area contributed by atoms with Crippen LogP contribution in [0.5, 0.6) is 5.75 Å². The number of hydrogen-bond acceptors (Lipinski definition) is 4. The molecule has 1 rings (SSSR count). The number of carbonyl (C=O) groups is 1. The minimum Gasteiger partial charge on any atom is -0.495 e. The summed E-state index contributed by atoms with van der Waals surface area (Å²) in [5.74, 6) is 0.377. The molecular formula is C11H15NO3. The van der Waals surface area contributed by atoms with Gasteiger partial charge in [0.25, 0.3) is 0 Å². The summed E-state index contributed by atoms with van der Waals surface area (Å²) in [6.45, 7) is 2.15. The van der Waals surface area contributed by atoms with E-state index < -0.39 is 0 Å². The molecule has 0 amide bonds. The average molecular weight is 209 g/mol. The fourth-order valence-corrected chi connectivity index (χ4v) is 1.24. The van der Waals surface area contributed by atoms with Gasteiger partial charge >= 0.3 is 5.97 Å². The molecule has 0 unspecified atom stereocenters. The van der Waals surface area contributed by atoms with Gasteiger partial charge in [0, 0.05) is 7.05 Å². The highest BCUT2D eigenvalue weighted by atomic mass is 16.5. The molecule has 0 aliphatic rings. The molecule has 0 spiro atoms. The van der Waals surface area contributed by atoms with Gasteiger partial charge < -0.3 is 14.8 Å². The Morgan fingerprint density at radius 3 is 2.73 bits per heavy atom. The molecule has 1 N–H and O–H groups in total. The first-order valence-corrected chi connectivity index (χ1v) is 4.75.